The molecule has 0 aromatic heterocycles. The first-order valence-corrected chi connectivity index (χ1v) is 5.68. The first-order valence-electron chi connectivity index (χ1n) is 4.88. The summed E-state index contributed by atoms with van der Waals surface area (Å²) in [5, 5.41) is 3.54. The van der Waals surface area contributed by atoms with E-state index in [-0.39, 0.29) is 0 Å². The number of halogens is 1. The summed E-state index contributed by atoms with van der Waals surface area (Å²) in [4.78, 5) is 2.44. The first kappa shape index (κ1) is 11.2. The molecule has 1 saturated heterocycles. The Kier molecular flexibility index (Phi) is 4.42. The van der Waals surface area contributed by atoms with Gasteiger partial charge >= 0.3 is 0 Å². The molecule has 1 fully saturated rings. The maximum Gasteiger partial charge on any atom is 0.0295 e. The minimum atomic E-state index is 0.639. The third kappa shape index (κ3) is 3.79. The molecule has 3 heteroatoms. The van der Waals surface area contributed by atoms with Crippen LogP contribution < -0.4 is 5.32 Å². The van der Waals surface area contributed by atoms with Crippen molar-refractivity contribution in [3.05, 3.63) is 11.1 Å². The first-order chi connectivity index (χ1) is 6.09. The van der Waals surface area contributed by atoms with Gasteiger partial charge in [-0.2, -0.15) is 0 Å². The number of hydrogen-bond acceptors (Lipinski definition) is 2. The van der Waals surface area contributed by atoms with Crippen molar-refractivity contribution >= 4 is 15.9 Å². The van der Waals surface area contributed by atoms with Crippen LogP contribution in [0.2, 0.25) is 0 Å². The highest BCUT2D eigenvalue weighted by atomic mass is 79.9. The lowest BCUT2D eigenvalue weighted by molar-refractivity contribution is 0.189. The van der Waals surface area contributed by atoms with Crippen molar-refractivity contribution in [1.82, 2.24) is 10.2 Å². The Labute approximate surface area is 89.5 Å². The molecular formula is C10H19BrN2. The Morgan fingerprint density at radius 1 is 1.69 bits per heavy atom. The molecule has 1 rings (SSSR count). The summed E-state index contributed by atoms with van der Waals surface area (Å²) < 4.78 is 1.08. The molecule has 0 aromatic carbocycles. The lowest BCUT2D eigenvalue weighted by Crippen LogP contribution is -2.52. The van der Waals surface area contributed by atoms with Crippen LogP contribution in [-0.4, -0.2) is 37.1 Å². The van der Waals surface area contributed by atoms with Crippen molar-refractivity contribution in [2.45, 2.75) is 19.9 Å². The van der Waals surface area contributed by atoms with Crippen LogP contribution in [0.4, 0.5) is 0 Å². The zero-order valence-corrected chi connectivity index (χ0v) is 10.1. The standard InChI is InChI=1S/C10H19BrN2/c1-8(2)10-7-13(5-4-12-10)6-9(3)11/h8,10,12H,3-7H2,1-2H3. The number of rotatable bonds is 3. The Bertz CT molecular complexity index is 180. The van der Waals surface area contributed by atoms with Gasteiger partial charge in [0.15, 0.2) is 0 Å². The SMILES string of the molecule is C=C(Br)CN1CCNC(C(C)C)C1. The van der Waals surface area contributed by atoms with Crippen LogP contribution in [0.5, 0.6) is 0 Å². The second-order valence-electron chi connectivity index (χ2n) is 4.06. The van der Waals surface area contributed by atoms with Gasteiger partial charge in [0.1, 0.15) is 0 Å². The fourth-order valence-electron chi connectivity index (χ4n) is 1.67. The fraction of sp³-hybridized carbons (Fsp3) is 0.800. The topological polar surface area (TPSA) is 15.3 Å². The molecule has 1 N–H and O–H groups in total. The van der Waals surface area contributed by atoms with Crippen molar-refractivity contribution in [3.8, 4) is 0 Å². The lowest BCUT2D eigenvalue weighted by atomic mass is 10.0. The smallest absolute Gasteiger partial charge is 0.0295 e. The number of hydrogen-bond donors (Lipinski definition) is 1. The van der Waals surface area contributed by atoms with E-state index in [0.29, 0.717) is 12.0 Å². The summed E-state index contributed by atoms with van der Waals surface area (Å²) >= 11 is 3.41. The van der Waals surface area contributed by atoms with E-state index in [1.807, 2.05) is 0 Å². The van der Waals surface area contributed by atoms with Crippen molar-refractivity contribution in [2.24, 2.45) is 5.92 Å². The van der Waals surface area contributed by atoms with E-state index in [1.54, 1.807) is 0 Å². The number of nitrogens with zero attached hydrogens (tertiary/aromatic N) is 1. The zero-order chi connectivity index (χ0) is 9.84. The Balaban J connectivity index is 2.37. The van der Waals surface area contributed by atoms with E-state index in [4.69, 9.17) is 0 Å². The van der Waals surface area contributed by atoms with Gasteiger partial charge in [-0.3, -0.25) is 4.90 Å². The molecule has 1 unspecified atom stereocenters. The van der Waals surface area contributed by atoms with E-state index in [0.717, 1.165) is 30.7 Å². The minimum Gasteiger partial charge on any atom is -0.311 e. The normalized spacial score (nSPS) is 25.1. The van der Waals surface area contributed by atoms with Gasteiger partial charge < -0.3 is 5.32 Å². The third-order valence-electron chi connectivity index (χ3n) is 2.49. The predicted molar refractivity (Wildman–Crippen MR) is 61.1 cm³/mol. The Morgan fingerprint density at radius 2 is 2.38 bits per heavy atom. The summed E-state index contributed by atoms with van der Waals surface area (Å²) in [6, 6.07) is 0.639. The van der Waals surface area contributed by atoms with E-state index in [2.05, 4.69) is 46.6 Å². The van der Waals surface area contributed by atoms with Crippen LogP contribution in [0.3, 0.4) is 0 Å². The van der Waals surface area contributed by atoms with Crippen LogP contribution in [0.25, 0.3) is 0 Å². The van der Waals surface area contributed by atoms with Crippen molar-refractivity contribution in [2.75, 3.05) is 26.2 Å². The van der Waals surface area contributed by atoms with Crippen molar-refractivity contribution < 1.29 is 0 Å². The lowest BCUT2D eigenvalue weighted by Gasteiger charge is -2.35. The van der Waals surface area contributed by atoms with Crippen LogP contribution >= 0.6 is 15.9 Å². The second-order valence-corrected chi connectivity index (χ2v) is 5.18. The Hall–Kier alpha value is 0.140. The maximum atomic E-state index is 3.87. The van der Waals surface area contributed by atoms with Gasteiger partial charge in [0.05, 0.1) is 0 Å². The zero-order valence-electron chi connectivity index (χ0n) is 8.52. The van der Waals surface area contributed by atoms with Crippen molar-refractivity contribution in [3.63, 3.8) is 0 Å². The molecule has 76 valence electrons. The van der Waals surface area contributed by atoms with Gasteiger partial charge in [-0.1, -0.05) is 36.4 Å². The molecule has 0 saturated carbocycles. The largest absolute Gasteiger partial charge is 0.311 e. The van der Waals surface area contributed by atoms with Crippen LogP contribution in [-0.2, 0) is 0 Å². The summed E-state index contributed by atoms with van der Waals surface area (Å²) in [7, 11) is 0. The van der Waals surface area contributed by atoms with E-state index in [9.17, 15) is 0 Å². The molecule has 0 aromatic rings. The molecule has 13 heavy (non-hydrogen) atoms. The monoisotopic (exact) mass is 246 g/mol. The average Bonchev–Trinajstić information content (AvgIpc) is 2.03. The van der Waals surface area contributed by atoms with Gasteiger partial charge in [0, 0.05) is 36.7 Å². The van der Waals surface area contributed by atoms with Crippen LogP contribution in [0.1, 0.15) is 13.8 Å². The number of nitrogens with one attached hydrogen (secondary N) is 1. The quantitative estimate of drug-likeness (QED) is 0.818. The van der Waals surface area contributed by atoms with Gasteiger partial charge in [-0.05, 0) is 5.92 Å². The van der Waals surface area contributed by atoms with Gasteiger partial charge in [0.2, 0.25) is 0 Å². The summed E-state index contributed by atoms with van der Waals surface area (Å²) in [6.07, 6.45) is 0. The number of piperazine rings is 1. The maximum absolute atomic E-state index is 3.87. The fourth-order valence-corrected chi connectivity index (χ4v) is 2.03. The Morgan fingerprint density at radius 3 is 2.92 bits per heavy atom. The van der Waals surface area contributed by atoms with Crippen LogP contribution in [0.15, 0.2) is 11.1 Å². The highest BCUT2D eigenvalue weighted by Crippen LogP contribution is 2.11. The molecule has 1 atom stereocenters. The molecule has 1 heterocycles. The molecule has 0 spiro atoms. The molecular weight excluding hydrogens is 228 g/mol. The highest BCUT2D eigenvalue weighted by Gasteiger charge is 2.21. The van der Waals surface area contributed by atoms with Gasteiger partial charge in [0.25, 0.3) is 0 Å². The molecule has 0 aliphatic carbocycles. The summed E-state index contributed by atoms with van der Waals surface area (Å²) in [6.45, 7) is 12.8. The molecule has 0 bridgehead atoms. The molecule has 2 nitrogen and oxygen atoms in total. The van der Waals surface area contributed by atoms with E-state index < -0.39 is 0 Å². The molecule has 0 radical (unpaired) electrons. The van der Waals surface area contributed by atoms with E-state index in [1.165, 1.54) is 0 Å². The third-order valence-corrected chi connectivity index (χ3v) is 2.74. The predicted octanol–water partition coefficient (Wildman–Crippen LogP) is 1.82. The van der Waals surface area contributed by atoms with Gasteiger partial charge in [-0.25, -0.2) is 0 Å². The van der Waals surface area contributed by atoms with E-state index >= 15 is 0 Å². The highest BCUT2D eigenvalue weighted by molar-refractivity contribution is 9.11. The minimum absolute atomic E-state index is 0.639. The second kappa shape index (κ2) is 5.13. The van der Waals surface area contributed by atoms with Crippen molar-refractivity contribution in [1.29, 1.82) is 0 Å². The molecule has 1 aliphatic heterocycles. The van der Waals surface area contributed by atoms with Gasteiger partial charge in [-0.15, -0.1) is 0 Å². The average molecular weight is 247 g/mol. The van der Waals surface area contributed by atoms with Crippen LogP contribution in [0, 0.1) is 5.92 Å². The summed E-state index contributed by atoms with van der Waals surface area (Å²) in [5.74, 6) is 0.714. The molecule has 0 amide bonds. The molecule has 1 aliphatic rings. The summed E-state index contributed by atoms with van der Waals surface area (Å²) in [5.41, 5.74) is 0.